The first-order valence-corrected chi connectivity index (χ1v) is 8.88. The number of hydrogen-bond donors (Lipinski definition) is 1. The lowest BCUT2D eigenvalue weighted by atomic mass is 10.1. The second kappa shape index (κ2) is 8.45. The second-order valence-electron chi connectivity index (χ2n) is 5.55. The summed E-state index contributed by atoms with van der Waals surface area (Å²) in [5.74, 6) is 0. The molecule has 0 saturated carbocycles. The third-order valence-electron chi connectivity index (χ3n) is 3.77. The van der Waals surface area contributed by atoms with Gasteiger partial charge >= 0.3 is 0 Å². The Morgan fingerprint density at radius 3 is 2.40 bits per heavy atom. The Hall–Kier alpha value is -2.65. The molecule has 1 atom stereocenters. The van der Waals surface area contributed by atoms with Gasteiger partial charge < -0.3 is 5.32 Å². The lowest BCUT2D eigenvalue weighted by molar-refractivity contribution is 0.630. The number of benzene rings is 2. The first kappa shape index (κ1) is 17.2. The van der Waals surface area contributed by atoms with Gasteiger partial charge in [-0.3, -0.25) is 4.99 Å². The number of halogens is 1. The molecule has 3 heteroatoms. The van der Waals surface area contributed by atoms with Crippen molar-refractivity contribution in [3.05, 3.63) is 119 Å². The van der Waals surface area contributed by atoms with Crippen molar-refractivity contribution in [3.8, 4) is 0 Å². The van der Waals surface area contributed by atoms with Crippen LogP contribution in [0.5, 0.6) is 0 Å². The molecule has 0 fully saturated rings. The molecule has 0 spiro atoms. The smallest absolute Gasteiger partial charge is 0.145 e. The van der Waals surface area contributed by atoms with E-state index in [1.54, 1.807) is 6.08 Å². The van der Waals surface area contributed by atoms with Gasteiger partial charge in [0.05, 0.1) is 5.71 Å². The lowest BCUT2D eigenvalue weighted by Crippen LogP contribution is -2.24. The predicted octanol–water partition coefficient (Wildman–Crippen LogP) is 5.68. The van der Waals surface area contributed by atoms with Crippen molar-refractivity contribution in [1.29, 1.82) is 0 Å². The molecule has 0 aromatic heterocycles. The summed E-state index contributed by atoms with van der Waals surface area (Å²) in [4.78, 5) is 4.89. The van der Waals surface area contributed by atoms with Gasteiger partial charge in [0.25, 0.3) is 0 Å². The average molecular weight is 391 g/mol. The Morgan fingerprint density at radius 2 is 1.72 bits per heavy atom. The molecule has 1 N–H and O–H groups in total. The highest BCUT2D eigenvalue weighted by molar-refractivity contribution is 9.11. The summed E-state index contributed by atoms with van der Waals surface area (Å²) in [6, 6.07) is 20.5. The summed E-state index contributed by atoms with van der Waals surface area (Å²) in [6.07, 6.45) is 9.71. The van der Waals surface area contributed by atoms with E-state index in [-0.39, 0.29) is 6.17 Å². The van der Waals surface area contributed by atoms with Crippen LogP contribution in [0.15, 0.2) is 113 Å². The van der Waals surface area contributed by atoms with Gasteiger partial charge in [0.1, 0.15) is 6.17 Å². The van der Waals surface area contributed by atoms with Gasteiger partial charge in [0.2, 0.25) is 0 Å². The number of nitrogens with zero attached hydrogens (tertiary/aromatic N) is 1. The molecular weight excluding hydrogens is 372 g/mol. The van der Waals surface area contributed by atoms with E-state index in [0.29, 0.717) is 0 Å². The zero-order valence-electron chi connectivity index (χ0n) is 13.8. The molecule has 124 valence electrons. The molecule has 2 nitrogen and oxygen atoms in total. The monoisotopic (exact) mass is 390 g/mol. The fourth-order valence-electron chi connectivity index (χ4n) is 2.52. The first-order chi connectivity index (χ1) is 12.3. The van der Waals surface area contributed by atoms with Crippen LogP contribution in [-0.2, 0) is 0 Å². The molecule has 0 radical (unpaired) electrons. The van der Waals surface area contributed by atoms with E-state index >= 15 is 0 Å². The summed E-state index contributed by atoms with van der Waals surface area (Å²) in [5.41, 5.74) is 4.24. The maximum Gasteiger partial charge on any atom is 0.145 e. The average Bonchev–Trinajstić information content (AvgIpc) is 2.69. The maximum atomic E-state index is 4.89. The SMILES string of the molecule is C=C/C(Br)=C\C=C\C1=CC(c2ccccc2)=NC(c2ccccc2)N1. The molecule has 1 heterocycles. The fourth-order valence-corrected chi connectivity index (χ4v) is 2.68. The van der Waals surface area contributed by atoms with Gasteiger partial charge in [-0.05, 0) is 29.4 Å². The Balaban J connectivity index is 1.94. The highest BCUT2D eigenvalue weighted by Crippen LogP contribution is 2.22. The van der Waals surface area contributed by atoms with Crippen LogP contribution in [0.3, 0.4) is 0 Å². The van der Waals surface area contributed by atoms with Gasteiger partial charge in [-0.15, -0.1) is 0 Å². The van der Waals surface area contributed by atoms with Crippen molar-refractivity contribution in [2.45, 2.75) is 6.17 Å². The number of nitrogens with one attached hydrogen (secondary N) is 1. The van der Waals surface area contributed by atoms with E-state index in [4.69, 9.17) is 4.99 Å². The number of allylic oxidation sites excluding steroid dienone is 6. The van der Waals surface area contributed by atoms with Crippen LogP contribution in [0.2, 0.25) is 0 Å². The van der Waals surface area contributed by atoms with Crippen LogP contribution < -0.4 is 5.32 Å². The van der Waals surface area contributed by atoms with E-state index in [1.165, 1.54) is 0 Å². The largest absolute Gasteiger partial charge is 0.360 e. The molecule has 1 unspecified atom stereocenters. The third kappa shape index (κ3) is 4.68. The van der Waals surface area contributed by atoms with E-state index in [0.717, 1.165) is 27.0 Å². The minimum Gasteiger partial charge on any atom is -0.360 e. The molecular formula is C22H19BrN2. The van der Waals surface area contributed by atoms with Gasteiger partial charge in [-0.1, -0.05) is 95.3 Å². The van der Waals surface area contributed by atoms with Gasteiger partial charge in [-0.25, -0.2) is 0 Å². The second-order valence-corrected chi connectivity index (χ2v) is 6.47. The summed E-state index contributed by atoms with van der Waals surface area (Å²) in [7, 11) is 0. The fraction of sp³-hybridized carbons (Fsp3) is 0.0455. The molecule has 25 heavy (non-hydrogen) atoms. The zero-order chi connectivity index (χ0) is 17.5. The molecule has 3 rings (SSSR count). The topological polar surface area (TPSA) is 24.4 Å². The van der Waals surface area contributed by atoms with Gasteiger partial charge in [0, 0.05) is 10.2 Å². The van der Waals surface area contributed by atoms with Crippen molar-refractivity contribution in [1.82, 2.24) is 5.32 Å². The van der Waals surface area contributed by atoms with Crippen LogP contribution in [0.25, 0.3) is 0 Å². The highest BCUT2D eigenvalue weighted by atomic mass is 79.9. The third-order valence-corrected chi connectivity index (χ3v) is 4.36. The quantitative estimate of drug-likeness (QED) is 0.652. The molecule has 0 bridgehead atoms. The Morgan fingerprint density at radius 1 is 1.04 bits per heavy atom. The highest BCUT2D eigenvalue weighted by Gasteiger charge is 2.16. The summed E-state index contributed by atoms with van der Waals surface area (Å²) in [6.45, 7) is 3.73. The van der Waals surface area contributed by atoms with Crippen molar-refractivity contribution in [2.75, 3.05) is 0 Å². The Labute approximate surface area is 157 Å². The standard InChI is InChI=1S/C22H19BrN2/c1-2-19(23)14-9-15-20-16-21(17-10-5-3-6-11-17)25-22(24-20)18-12-7-4-8-13-18/h2-16,22,24H,1H2/b15-9+,19-14+. The van der Waals surface area contributed by atoms with Crippen LogP contribution in [0, 0.1) is 0 Å². The van der Waals surface area contributed by atoms with Crippen LogP contribution in [-0.4, -0.2) is 5.71 Å². The summed E-state index contributed by atoms with van der Waals surface area (Å²) < 4.78 is 0.941. The van der Waals surface area contributed by atoms with E-state index in [9.17, 15) is 0 Å². The number of aliphatic imine (C=N–C) groups is 1. The first-order valence-electron chi connectivity index (χ1n) is 8.09. The zero-order valence-corrected chi connectivity index (χ0v) is 15.4. The van der Waals surface area contributed by atoms with Crippen molar-refractivity contribution in [3.63, 3.8) is 0 Å². The van der Waals surface area contributed by atoms with Crippen LogP contribution >= 0.6 is 15.9 Å². The summed E-state index contributed by atoms with van der Waals surface area (Å²) >= 11 is 3.43. The summed E-state index contributed by atoms with van der Waals surface area (Å²) in [5, 5.41) is 3.48. The van der Waals surface area contributed by atoms with Crippen molar-refractivity contribution >= 4 is 21.6 Å². The van der Waals surface area contributed by atoms with Crippen LogP contribution in [0.4, 0.5) is 0 Å². The molecule has 0 aliphatic carbocycles. The molecule has 1 aliphatic rings. The molecule has 2 aromatic carbocycles. The van der Waals surface area contributed by atoms with Crippen molar-refractivity contribution < 1.29 is 0 Å². The number of rotatable bonds is 5. The molecule has 0 amide bonds. The molecule has 1 aliphatic heterocycles. The normalized spacial score (nSPS) is 17.6. The number of hydrogen-bond acceptors (Lipinski definition) is 2. The van der Waals surface area contributed by atoms with E-state index in [2.05, 4.69) is 58.2 Å². The van der Waals surface area contributed by atoms with E-state index < -0.39 is 0 Å². The van der Waals surface area contributed by atoms with Gasteiger partial charge in [-0.2, -0.15) is 0 Å². The maximum absolute atomic E-state index is 4.89. The predicted molar refractivity (Wildman–Crippen MR) is 110 cm³/mol. The molecule has 0 saturated heterocycles. The molecule has 2 aromatic rings. The van der Waals surface area contributed by atoms with Crippen LogP contribution in [0.1, 0.15) is 17.3 Å². The Kier molecular flexibility index (Phi) is 5.81. The lowest BCUT2D eigenvalue weighted by Gasteiger charge is -2.23. The van der Waals surface area contributed by atoms with Gasteiger partial charge in [0.15, 0.2) is 0 Å². The van der Waals surface area contributed by atoms with Crippen molar-refractivity contribution in [2.24, 2.45) is 4.99 Å². The Bertz CT molecular complexity index is 846. The minimum atomic E-state index is -0.104. The van der Waals surface area contributed by atoms with E-state index in [1.807, 2.05) is 54.6 Å². The minimum absolute atomic E-state index is 0.104.